The van der Waals surface area contributed by atoms with Gasteiger partial charge in [0.2, 0.25) is 0 Å². The van der Waals surface area contributed by atoms with Crippen LogP contribution < -0.4 is 0 Å². The molecule has 2 nitrogen and oxygen atoms in total. The fourth-order valence-corrected chi connectivity index (χ4v) is 1.84. The van der Waals surface area contributed by atoms with Crippen molar-refractivity contribution >= 4 is 0 Å². The molecule has 1 aromatic rings. The maximum Gasteiger partial charge on any atom is 0.0519 e. The molecule has 1 aliphatic rings. The van der Waals surface area contributed by atoms with Gasteiger partial charge in [0.25, 0.3) is 0 Å². The lowest BCUT2D eigenvalue weighted by atomic mass is 9.96. The highest BCUT2D eigenvalue weighted by Crippen LogP contribution is 2.26. The highest BCUT2D eigenvalue weighted by Gasteiger charge is 2.14. The molecular formula is C9H14N2. The van der Waals surface area contributed by atoms with Gasteiger partial charge >= 0.3 is 0 Å². The highest BCUT2D eigenvalue weighted by molar-refractivity contribution is 4.82. The summed E-state index contributed by atoms with van der Waals surface area (Å²) in [7, 11) is 0. The third-order valence-electron chi connectivity index (χ3n) is 2.47. The molecule has 0 amide bonds. The molecule has 0 saturated heterocycles. The third kappa shape index (κ3) is 1.44. The standard InChI is InChI=1S/C9H14N2/c1-2-5-9(6-3-1)11-8-4-7-10-11/h4,7-9H,1-3,5-6H2. The van der Waals surface area contributed by atoms with Gasteiger partial charge in [-0.1, -0.05) is 19.3 Å². The molecule has 60 valence electrons. The van der Waals surface area contributed by atoms with E-state index >= 15 is 0 Å². The molecule has 1 saturated carbocycles. The molecule has 0 bridgehead atoms. The lowest BCUT2D eigenvalue weighted by Gasteiger charge is -2.21. The summed E-state index contributed by atoms with van der Waals surface area (Å²) >= 11 is 0. The van der Waals surface area contributed by atoms with E-state index in [1.165, 1.54) is 32.1 Å². The maximum atomic E-state index is 4.26. The zero-order valence-electron chi connectivity index (χ0n) is 6.74. The minimum absolute atomic E-state index is 0.693. The van der Waals surface area contributed by atoms with Crippen LogP contribution in [0.5, 0.6) is 0 Å². The minimum Gasteiger partial charge on any atom is -0.270 e. The van der Waals surface area contributed by atoms with E-state index in [9.17, 15) is 0 Å². The van der Waals surface area contributed by atoms with Crippen molar-refractivity contribution in [1.82, 2.24) is 9.78 Å². The van der Waals surface area contributed by atoms with Crippen molar-refractivity contribution < 1.29 is 0 Å². The Morgan fingerprint density at radius 1 is 1.18 bits per heavy atom. The fraction of sp³-hybridized carbons (Fsp3) is 0.667. The SMILES string of the molecule is c1cnn(C2CCCCC2)c1. The second kappa shape index (κ2) is 3.07. The quantitative estimate of drug-likeness (QED) is 0.601. The number of nitrogens with zero attached hydrogens (tertiary/aromatic N) is 2. The van der Waals surface area contributed by atoms with Crippen LogP contribution in [0.25, 0.3) is 0 Å². The number of aromatic nitrogens is 2. The first-order valence-electron chi connectivity index (χ1n) is 4.46. The number of rotatable bonds is 1. The van der Waals surface area contributed by atoms with Crippen molar-refractivity contribution in [3.63, 3.8) is 0 Å². The van der Waals surface area contributed by atoms with Gasteiger partial charge in [0.05, 0.1) is 6.04 Å². The summed E-state index contributed by atoms with van der Waals surface area (Å²) in [5.41, 5.74) is 0. The van der Waals surface area contributed by atoms with E-state index in [2.05, 4.69) is 16.0 Å². The molecule has 1 aromatic heterocycles. The van der Waals surface area contributed by atoms with E-state index in [0.29, 0.717) is 6.04 Å². The van der Waals surface area contributed by atoms with Crippen molar-refractivity contribution in [1.29, 1.82) is 0 Å². The molecule has 0 N–H and O–H groups in total. The average Bonchev–Trinajstić information content (AvgIpc) is 2.58. The van der Waals surface area contributed by atoms with Gasteiger partial charge in [-0.25, -0.2) is 0 Å². The molecular weight excluding hydrogens is 136 g/mol. The molecule has 0 aromatic carbocycles. The van der Waals surface area contributed by atoms with Crippen molar-refractivity contribution in [3.8, 4) is 0 Å². The van der Waals surface area contributed by atoms with Crippen LogP contribution >= 0.6 is 0 Å². The first kappa shape index (κ1) is 6.89. The van der Waals surface area contributed by atoms with Crippen molar-refractivity contribution in [3.05, 3.63) is 18.5 Å². The van der Waals surface area contributed by atoms with Gasteiger partial charge in [0.15, 0.2) is 0 Å². The van der Waals surface area contributed by atoms with Crippen LogP contribution in [-0.4, -0.2) is 9.78 Å². The van der Waals surface area contributed by atoms with Gasteiger partial charge in [0.1, 0.15) is 0 Å². The lowest BCUT2D eigenvalue weighted by molar-refractivity contribution is 0.329. The van der Waals surface area contributed by atoms with Crippen molar-refractivity contribution in [2.24, 2.45) is 0 Å². The van der Waals surface area contributed by atoms with Crippen molar-refractivity contribution in [2.45, 2.75) is 38.1 Å². The molecule has 1 fully saturated rings. The third-order valence-corrected chi connectivity index (χ3v) is 2.47. The highest BCUT2D eigenvalue weighted by atomic mass is 15.3. The Morgan fingerprint density at radius 2 is 2.00 bits per heavy atom. The van der Waals surface area contributed by atoms with E-state index in [0.717, 1.165) is 0 Å². The van der Waals surface area contributed by atoms with Crippen molar-refractivity contribution in [2.75, 3.05) is 0 Å². The number of hydrogen-bond acceptors (Lipinski definition) is 1. The lowest BCUT2D eigenvalue weighted by Crippen LogP contribution is -2.12. The topological polar surface area (TPSA) is 17.8 Å². The summed E-state index contributed by atoms with van der Waals surface area (Å²) in [6.45, 7) is 0. The molecule has 1 aliphatic carbocycles. The van der Waals surface area contributed by atoms with E-state index in [-0.39, 0.29) is 0 Å². The normalized spacial score (nSPS) is 20.4. The molecule has 11 heavy (non-hydrogen) atoms. The molecule has 0 spiro atoms. The van der Waals surface area contributed by atoms with Gasteiger partial charge in [0, 0.05) is 12.4 Å². The predicted molar refractivity (Wildman–Crippen MR) is 44.3 cm³/mol. The van der Waals surface area contributed by atoms with E-state index in [1.807, 2.05) is 12.3 Å². The van der Waals surface area contributed by atoms with Gasteiger partial charge in [-0.3, -0.25) is 4.68 Å². The summed E-state index contributed by atoms with van der Waals surface area (Å²) in [5, 5.41) is 4.26. The Hall–Kier alpha value is -0.790. The molecule has 2 rings (SSSR count). The average molecular weight is 150 g/mol. The molecule has 0 aliphatic heterocycles. The summed E-state index contributed by atoms with van der Waals surface area (Å²) in [4.78, 5) is 0. The first-order valence-corrected chi connectivity index (χ1v) is 4.46. The zero-order chi connectivity index (χ0) is 7.52. The Balaban J connectivity index is 2.04. The second-order valence-corrected chi connectivity index (χ2v) is 3.28. The van der Waals surface area contributed by atoms with Gasteiger partial charge in [-0.2, -0.15) is 5.10 Å². The molecule has 0 atom stereocenters. The van der Waals surface area contributed by atoms with Gasteiger partial charge in [-0.05, 0) is 18.9 Å². The Bertz CT molecular complexity index is 197. The van der Waals surface area contributed by atoms with Crippen LogP contribution in [0.15, 0.2) is 18.5 Å². The zero-order valence-corrected chi connectivity index (χ0v) is 6.74. The Morgan fingerprint density at radius 3 is 2.64 bits per heavy atom. The Labute approximate surface area is 67.2 Å². The second-order valence-electron chi connectivity index (χ2n) is 3.28. The monoisotopic (exact) mass is 150 g/mol. The predicted octanol–water partition coefficient (Wildman–Crippen LogP) is 2.39. The minimum atomic E-state index is 0.693. The van der Waals surface area contributed by atoms with Crippen LogP contribution in [0.1, 0.15) is 38.1 Å². The molecule has 0 radical (unpaired) electrons. The largest absolute Gasteiger partial charge is 0.270 e. The van der Waals surface area contributed by atoms with Gasteiger partial charge in [-0.15, -0.1) is 0 Å². The first-order chi connectivity index (χ1) is 5.47. The smallest absolute Gasteiger partial charge is 0.0519 e. The summed E-state index contributed by atoms with van der Waals surface area (Å²) < 4.78 is 2.11. The fourth-order valence-electron chi connectivity index (χ4n) is 1.84. The molecule has 2 heteroatoms. The van der Waals surface area contributed by atoms with E-state index in [4.69, 9.17) is 0 Å². The molecule has 0 unspecified atom stereocenters. The van der Waals surface area contributed by atoms with E-state index in [1.54, 1.807) is 0 Å². The molecule has 1 heterocycles. The summed E-state index contributed by atoms with van der Waals surface area (Å²) in [5.74, 6) is 0. The Kier molecular flexibility index (Phi) is 1.93. The van der Waals surface area contributed by atoms with Crippen LogP contribution in [0, 0.1) is 0 Å². The van der Waals surface area contributed by atoms with Crippen LogP contribution in [-0.2, 0) is 0 Å². The van der Waals surface area contributed by atoms with E-state index < -0.39 is 0 Å². The summed E-state index contributed by atoms with van der Waals surface area (Å²) in [6, 6.07) is 2.70. The summed E-state index contributed by atoms with van der Waals surface area (Å²) in [6.07, 6.45) is 10.8. The van der Waals surface area contributed by atoms with Crippen LogP contribution in [0.3, 0.4) is 0 Å². The maximum absolute atomic E-state index is 4.26. The van der Waals surface area contributed by atoms with Gasteiger partial charge < -0.3 is 0 Å². The number of hydrogen-bond donors (Lipinski definition) is 0. The van der Waals surface area contributed by atoms with Crippen LogP contribution in [0.2, 0.25) is 0 Å². The van der Waals surface area contributed by atoms with Crippen LogP contribution in [0.4, 0.5) is 0 Å².